The summed E-state index contributed by atoms with van der Waals surface area (Å²) in [6.07, 6.45) is -5.01. The van der Waals surface area contributed by atoms with Crippen LogP contribution in [0.5, 0.6) is 0 Å². The Morgan fingerprint density at radius 2 is 1.62 bits per heavy atom. The van der Waals surface area contributed by atoms with Crippen LogP contribution in [0, 0.1) is 0 Å². The van der Waals surface area contributed by atoms with Crippen LogP contribution in [0.15, 0.2) is 54.6 Å². The molecule has 1 aromatic heterocycles. The summed E-state index contributed by atoms with van der Waals surface area (Å²) in [4.78, 5) is 26.6. The third-order valence-corrected chi connectivity index (χ3v) is 3.45. The number of H-pyrrole nitrogens is 1. The minimum atomic E-state index is -5.01. The lowest BCUT2D eigenvalue weighted by Gasteiger charge is -2.11. The molecule has 0 saturated carbocycles. The van der Waals surface area contributed by atoms with Crippen molar-refractivity contribution in [2.45, 2.75) is 6.18 Å². The summed E-state index contributed by atoms with van der Waals surface area (Å²) in [6.45, 7) is 0. The van der Waals surface area contributed by atoms with Crippen molar-refractivity contribution in [2.24, 2.45) is 0 Å². The molecule has 3 aromatic rings. The second-order valence-corrected chi connectivity index (χ2v) is 5.10. The van der Waals surface area contributed by atoms with Crippen molar-refractivity contribution >= 4 is 28.3 Å². The summed E-state index contributed by atoms with van der Waals surface area (Å²) in [5.41, 5.74) is 0.116. The van der Waals surface area contributed by atoms with Crippen LogP contribution >= 0.6 is 0 Å². The van der Waals surface area contributed by atoms with Crippen LogP contribution in [0.4, 0.5) is 18.9 Å². The number of amides is 1. The number of para-hydroxylation sites is 2. The maximum Gasteiger partial charge on any atom is 0.454 e. The minimum absolute atomic E-state index is 0.186. The normalized spacial score (nSPS) is 11.5. The van der Waals surface area contributed by atoms with Crippen molar-refractivity contribution in [3.8, 4) is 0 Å². The van der Waals surface area contributed by atoms with Crippen molar-refractivity contribution in [1.82, 2.24) is 4.98 Å². The van der Waals surface area contributed by atoms with E-state index >= 15 is 0 Å². The molecule has 2 aromatic carbocycles. The number of alkyl halides is 3. The summed E-state index contributed by atoms with van der Waals surface area (Å²) in [7, 11) is 0. The molecule has 1 amide bonds. The lowest BCUT2D eigenvalue weighted by molar-refractivity contribution is -0.0884. The largest absolute Gasteiger partial charge is 0.454 e. The van der Waals surface area contributed by atoms with Gasteiger partial charge in [-0.15, -0.1) is 0 Å². The summed E-state index contributed by atoms with van der Waals surface area (Å²) >= 11 is 0. The van der Waals surface area contributed by atoms with E-state index < -0.39 is 23.4 Å². The first-order chi connectivity index (χ1) is 11.4. The zero-order chi connectivity index (χ0) is 17.3. The summed E-state index contributed by atoms with van der Waals surface area (Å²) in [5, 5.41) is 3.14. The molecule has 0 aliphatic heterocycles. The van der Waals surface area contributed by atoms with Crippen molar-refractivity contribution in [1.29, 1.82) is 0 Å². The average Bonchev–Trinajstić information content (AvgIpc) is 2.98. The number of Topliss-reactive ketones (excluding diaryl/α,β-unsaturated/α-hetero) is 1. The number of anilines is 1. The molecule has 0 unspecified atom stereocenters. The molecule has 0 aliphatic rings. The van der Waals surface area contributed by atoms with E-state index in [2.05, 4.69) is 10.3 Å². The molecule has 3 rings (SSSR count). The highest BCUT2D eigenvalue weighted by Crippen LogP contribution is 2.26. The van der Waals surface area contributed by atoms with Crippen molar-refractivity contribution < 1.29 is 22.8 Å². The number of rotatable bonds is 3. The standard InChI is InChI=1S/C17H11F3N2O2/c18-17(19,20)15(23)11-6-2-4-8-13(11)22-16(24)14-9-10-5-1-3-7-12(10)21-14/h1-9,21H,(H,22,24). The van der Waals surface area contributed by atoms with E-state index in [0.29, 0.717) is 0 Å². The Kier molecular flexibility index (Phi) is 3.84. The molecule has 2 N–H and O–H groups in total. The number of ketones is 1. The third kappa shape index (κ3) is 3.01. The van der Waals surface area contributed by atoms with Gasteiger partial charge in [0.15, 0.2) is 0 Å². The zero-order valence-corrected chi connectivity index (χ0v) is 12.1. The number of hydrogen-bond donors (Lipinski definition) is 2. The van der Waals surface area contributed by atoms with Gasteiger partial charge in [0.25, 0.3) is 11.7 Å². The molecular formula is C17H11F3N2O2. The number of nitrogens with one attached hydrogen (secondary N) is 2. The lowest BCUT2D eigenvalue weighted by Crippen LogP contribution is -2.25. The van der Waals surface area contributed by atoms with Gasteiger partial charge in [-0.2, -0.15) is 13.2 Å². The molecule has 7 heteroatoms. The Labute approximate surface area is 134 Å². The highest BCUT2D eigenvalue weighted by molar-refractivity contribution is 6.11. The van der Waals surface area contributed by atoms with Crippen molar-refractivity contribution in [2.75, 3.05) is 5.32 Å². The van der Waals surface area contributed by atoms with Crippen LogP contribution in [0.1, 0.15) is 20.8 Å². The first-order valence-corrected chi connectivity index (χ1v) is 6.96. The van der Waals surface area contributed by atoms with E-state index in [9.17, 15) is 22.8 Å². The fourth-order valence-corrected chi connectivity index (χ4v) is 2.33. The van der Waals surface area contributed by atoms with Gasteiger partial charge in [-0.3, -0.25) is 9.59 Å². The van der Waals surface area contributed by atoms with Crippen LogP contribution < -0.4 is 5.32 Å². The van der Waals surface area contributed by atoms with Crippen LogP contribution in [0.3, 0.4) is 0 Å². The van der Waals surface area contributed by atoms with Crippen LogP contribution in [0.2, 0.25) is 0 Å². The molecule has 122 valence electrons. The molecule has 0 fully saturated rings. The van der Waals surface area contributed by atoms with Gasteiger partial charge in [-0.1, -0.05) is 30.3 Å². The van der Waals surface area contributed by atoms with Gasteiger partial charge >= 0.3 is 6.18 Å². The average molecular weight is 332 g/mol. The molecule has 0 atom stereocenters. The van der Waals surface area contributed by atoms with E-state index in [1.165, 1.54) is 18.2 Å². The Hall–Kier alpha value is -3.09. The number of fused-ring (bicyclic) bond motifs is 1. The molecule has 0 bridgehead atoms. The van der Waals surface area contributed by atoms with E-state index in [-0.39, 0.29) is 11.4 Å². The monoisotopic (exact) mass is 332 g/mol. The van der Waals surface area contributed by atoms with E-state index in [0.717, 1.165) is 17.0 Å². The molecule has 0 saturated heterocycles. The van der Waals surface area contributed by atoms with Gasteiger partial charge in [0.2, 0.25) is 0 Å². The van der Waals surface area contributed by atoms with Gasteiger partial charge in [-0.25, -0.2) is 0 Å². The highest BCUT2D eigenvalue weighted by Gasteiger charge is 2.40. The Bertz CT molecular complexity index is 896. The Morgan fingerprint density at radius 1 is 0.958 bits per heavy atom. The number of aromatic amines is 1. The van der Waals surface area contributed by atoms with Crippen molar-refractivity contribution in [3.63, 3.8) is 0 Å². The second kappa shape index (κ2) is 5.84. The van der Waals surface area contributed by atoms with Gasteiger partial charge in [0.1, 0.15) is 5.69 Å². The van der Waals surface area contributed by atoms with Crippen molar-refractivity contribution in [3.05, 3.63) is 65.9 Å². The van der Waals surface area contributed by atoms with E-state index in [1.54, 1.807) is 30.3 Å². The highest BCUT2D eigenvalue weighted by atomic mass is 19.4. The van der Waals surface area contributed by atoms with E-state index in [4.69, 9.17) is 0 Å². The lowest BCUT2D eigenvalue weighted by atomic mass is 10.1. The van der Waals surface area contributed by atoms with E-state index in [1.807, 2.05) is 0 Å². The summed E-state index contributed by atoms with van der Waals surface area (Å²) < 4.78 is 37.9. The van der Waals surface area contributed by atoms with Gasteiger partial charge in [-0.05, 0) is 24.3 Å². The minimum Gasteiger partial charge on any atom is -0.351 e. The number of halogens is 3. The Balaban J connectivity index is 1.91. The molecule has 0 aliphatic carbocycles. The van der Waals surface area contributed by atoms with Crippen LogP contribution in [0.25, 0.3) is 10.9 Å². The van der Waals surface area contributed by atoms with Gasteiger partial charge in [0, 0.05) is 10.9 Å². The predicted octanol–water partition coefficient (Wildman–Crippen LogP) is 4.17. The van der Waals surface area contributed by atoms with Gasteiger partial charge < -0.3 is 10.3 Å². The molecule has 0 spiro atoms. The summed E-state index contributed by atoms with van der Waals surface area (Å²) in [5.74, 6) is -2.64. The maximum atomic E-state index is 12.6. The quantitative estimate of drug-likeness (QED) is 0.707. The number of benzene rings is 2. The fourth-order valence-electron chi connectivity index (χ4n) is 2.33. The van der Waals surface area contributed by atoms with Crippen LogP contribution in [-0.2, 0) is 0 Å². The second-order valence-electron chi connectivity index (χ2n) is 5.10. The molecule has 1 heterocycles. The van der Waals surface area contributed by atoms with Crippen LogP contribution in [-0.4, -0.2) is 22.9 Å². The predicted molar refractivity (Wildman–Crippen MR) is 83.1 cm³/mol. The van der Waals surface area contributed by atoms with Gasteiger partial charge in [0.05, 0.1) is 11.3 Å². The first-order valence-electron chi connectivity index (χ1n) is 6.96. The first kappa shape index (κ1) is 15.8. The number of hydrogen-bond acceptors (Lipinski definition) is 2. The number of carbonyl (C=O) groups is 2. The fraction of sp³-hybridized carbons (Fsp3) is 0.0588. The topological polar surface area (TPSA) is 62.0 Å². The number of carbonyl (C=O) groups excluding carboxylic acids is 2. The molecule has 24 heavy (non-hydrogen) atoms. The Morgan fingerprint density at radius 3 is 2.33 bits per heavy atom. The maximum absolute atomic E-state index is 12.6. The zero-order valence-electron chi connectivity index (χ0n) is 12.1. The molecule has 0 radical (unpaired) electrons. The molecular weight excluding hydrogens is 321 g/mol. The summed E-state index contributed by atoms with van der Waals surface area (Å²) in [6, 6.07) is 13.8. The molecule has 4 nitrogen and oxygen atoms in total. The smallest absolute Gasteiger partial charge is 0.351 e. The third-order valence-electron chi connectivity index (χ3n) is 3.45. The SMILES string of the molecule is O=C(Nc1ccccc1C(=O)C(F)(F)F)c1cc2ccccc2[nH]1. The number of aromatic nitrogens is 1.